The summed E-state index contributed by atoms with van der Waals surface area (Å²) in [5, 5.41) is 11.9. The van der Waals surface area contributed by atoms with Crippen LogP contribution in [0.4, 0.5) is 0 Å². The number of nitrogens with zero attached hydrogens (tertiary/aromatic N) is 5. The number of halogens is 1. The molecule has 0 unspecified atom stereocenters. The van der Waals surface area contributed by atoms with Crippen LogP contribution in [0.25, 0.3) is 0 Å². The van der Waals surface area contributed by atoms with E-state index in [0.29, 0.717) is 6.54 Å². The Morgan fingerprint density at radius 1 is 1.56 bits per heavy atom. The number of hydrogen-bond acceptors (Lipinski definition) is 5. The van der Waals surface area contributed by atoms with Crippen molar-refractivity contribution in [1.82, 2.24) is 24.8 Å². The molecule has 0 fully saturated rings. The SMILES string of the molecule is COC(=O)c1cn(Cc2c(Br)c(C)nn2C)nn1. The number of methoxy groups -OCH3 is 1. The van der Waals surface area contributed by atoms with E-state index in [1.807, 2.05) is 14.0 Å². The van der Waals surface area contributed by atoms with Crippen LogP contribution >= 0.6 is 15.9 Å². The number of carbonyl (C=O) groups is 1. The Morgan fingerprint density at radius 2 is 2.28 bits per heavy atom. The van der Waals surface area contributed by atoms with Crippen LogP contribution in [0.2, 0.25) is 0 Å². The molecule has 0 aliphatic rings. The molecule has 0 N–H and O–H groups in total. The van der Waals surface area contributed by atoms with Crippen molar-refractivity contribution < 1.29 is 9.53 Å². The smallest absolute Gasteiger partial charge is 0.360 e. The third kappa shape index (κ3) is 2.28. The van der Waals surface area contributed by atoms with Crippen LogP contribution in [-0.4, -0.2) is 37.9 Å². The summed E-state index contributed by atoms with van der Waals surface area (Å²) in [5.74, 6) is -0.499. The fourth-order valence-electron chi connectivity index (χ4n) is 1.58. The Balaban J connectivity index is 2.24. The van der Waals surface area contributed by atoms with Gasteiger partial charge in [0, 0.05) is 7.05 Å². The topological polar surface area (TPSA) is 74.8 Å². The van der Waals surface area contributed by atoms with Crippen molar-refractivity contribution in [2.75, 3.05) is 7.11 Å². The largest absolute Gasteiger partial charge is 0.464 e. The van der Waals surface area contributed by atoms with Gasteiger partial charge in [-0.3, -0.25) is 4.68 Å². The molecule has 2 heterocycles. The molecule has 2 aromatic rings. The fraction of sp³-hybridized carbons (Fsp3) is 0.400. The van der Waals surface area contributed by atoms with Crippen LogP contribution in [0.5, 0.6) is 0 Å². The molecule has 18 heavy (non-hydrogen) atoms. The summed E-state index contributed by atoms with van der Waals surface area (Å²) < 4.78 is 8.83. The van der Waals surface area contributed by atoms with E-state index >= 15 is 0 Å². The highest BCUT2D eigenvalue weighted by Crippen LogP contribution is 2.20. The summed E-state index contributed by atoms with van der Waals surface area (Å²) in [4.78, 5) is 11.3. The molecular weight excluding hydrogens is 302 g/mol. The van der Waals surface area contributed by atoms with Gasteiger partial charge in [-0.05, 0) is 22.9 Å². The molecular formula is C10H12BrN5O2. The summed E-state index contributed by atoms with van der Waals surface area (Å²) in [6, 6.07) is 0. The summed E-state index contributed by atoms with van der Waals surface area (Å²) in [5.41, 5.74) is 2.04. The van der Waals surface area contributed by atoms with Gasteiger partial charge in [-0.2, -0.15) is 5.10 Å². The van der Waals surface area contributed by atoms with Crippen molar-refractivity contribution in [2.45, 2.75) is 13.5 Å². The van der Waals surface area contributed by atoms with Gasteiger partial charge in [-0.1, -0.05) is 5.21 Å². The lowest BCUT2D eigenvalue weighted by molar-refractivity contribution is 0.0594. The zero-order valence-corrected chi connectivity index (χ0v) is 11.8. The predicted molar refractivity (Wildman–Crippen MR) is 66.1 cm³/mol. The molecule has 0 aliphatic carbocycles. The number of hydrogen-bond donors (Lipinski definition) is 0. The van der Waals surface area contributed by atoms with E-state index in [9.17, 15) is 4.79 Å². The normalized spacial score (nSPS) is 10.7. The quantitative estimate of drug-likeness (QED) is 0.788. The van der Waals surface area contributed by atoms with E-state index in [-0.39, 0.29) is 5.69 Å². The van der Waals surface area contributed by atoms with E-state index in [1.165, 1.54) is 7.11 Å². The van der Waals surface area contributed by atoms with E-state index in [0.717, 1.165) is 15.9 Å². The highest BCUT2D eigenvalue weighted by atomic mass is 79.9. The van der Waals surface area contributed by atoms with Crippen LogP contribution in [0, 0.1) is 6.92 Å². The monoisotopic (exact) mass is 313 g/mol. The van der Waals surface area contributed by atoms with Crippen LogP contribution in [-0.2, 0) is 18.3 Å². The zero-order valence-electron chi connectivity index (χ0n) is 10.2. The van der Waals surface area contributed by atoms with E-state index < -0.39 is 5.97 Å². The first-order valence-electron chi connectivity index (χ1n) is 5.19. The van der Waals surface area contributed by atoms with E-state index in [2.05, 4.69) is 36.1 Å². The number of ether oxygens (including phenoxy) is 1. The maximum atomic E-state index is 11.3. The van der Waals surface area contributed by atoms with Crippen molar-refractivity contribution in [3.8, 4) is 0 Å². The van der Waals surface area contributed by atoms with Crippen LogP contribution < -0.4 is 0 Å². The number of esters is 1. The minimum Gasteiger partial charge on any atom is -0.464 e. The summed E-state index contributed by atoms with van der Waals surface area (Å²) in [6.45, 7) is 2.39. The Kier molecular flexibility index (Phi) is 3.46. The Bertz CT molecular complexity index is 589. The van der Waals surface area contributed by atoms with Gasteiger partial charge < -0.3 is 4.74 Å². The maximum absolute atomic E-state index is 11.3. The van der Waals surface area contributed by atoms with Crippen LogP contribution in [0.15, 0.2) is 10.7 Å². The molecule has 96 valence electrons. The number of aryl methyl sites for hydroxylation is 2. The second-order valence-electron chi connectivity index (χ2n) is 3.76. The third-order valence-corrected chi connectivity index (χ3v) is 3.54. The average Bonchev–Trinajstić information content (AvgIpc) is 2.90. The molecule has 0 aliphatic heterocycles. The summed E-state index contributed by atoms with van der Waals surface area (Å²) >= 11 is 3.47. The van der Waals surface area contributed by atoms with Crippen LogP contribution in [0.1, 0.15) is 21.9 Å². The molecule has 2 rings (SSSR count). The van der Waals surface area contributed by atoms with E-state index in [4.69, 9.17) is 0 Å². The van der Waals surface area contributed by atoms with E-state index in [1.54, 1.807) is 15.6 Å². The maximum Gasteiger partial charge on any atom is 0.360 e. The highest BCUT2D eigenvalue weighted by molar-refractivity contribution is 9.10. The van der Waals surface area contributed by atoms with Gasteiger partial charge in [0.15, 0.2) is 5.69 Å². The zero-order chi connectivity index (χ0) is 13.3. The number of rotatable bonds is 3. The summed E-state index contributed by atoms with van der Waals surface area (Å²) in [7, 11) is 3.16. The van der Waals surface area contributed by atoms with Gasteiger partial charge in [-0.25, -0.2) is 9.48 Å². The van der Waals surface area contributed by atoms with Gasteiger partial charge in [0.05, 0.1) is 35.7 Å². The van der Waals surface area contributed by atoms with Crippen molar-refractivity contribution in [3.05, 3.63) is 27.8 Å². The standard InChI is InChI=1S/C10H12BrN5O2/c1-6-9(11)8(15(2)13-6)5-16-4-7(12-14-16)10(17)18-3/h4H,5H2,1-3H3. The first-order chi connectivity index (χ1) is 8.52. The van der Waals surface area contributed by atoms with Gasteiger partial charge >= 0.3 is 5.97 Å². The lowest BCUT2D eigenvalue weighted by Crippen LogP contribution is -2.06. The second kappa shape index (κ2) is 4.89. The Labute approximate surface area is 112 Å². The molecule has 0 aromatic carbocycles. The molecule has 0 amide bonds. The average molecular weight is 314 g/mol. The van der Waals surface area contributed by atoms with Crippen molar-refractivity contribution >= 4 is 21.9 Å². The summed E-state index contributed by atoms with van der Waals surface area (Å²) in [6.07, 6.45) is 1.54. The molecule has 0 atom stereocenters. The van der Waals surface area contributed by atoms with Crippen molar-refractivity contribution in [2.24, 2.45) is 7.05 Å². The number of carbonyl (C=O) groups excluding carboxylic acids is 1. The molecule has 7 nitrogen and oxygen atoms in total. The molecule has 0 bridgehead atoms. The Morgan fingerprint density at radius 3 is 2.83 bits per heavy atom. The minimum atomic E-state index is -0.499. The molecule has 0 saturated carbocycles. The predicted octanol–water partition coefficient (Wildman–Crippen LogP) is 0.917. The molecule has 8 heteroatoms. The fourth-order valence-corrected chi connectivity index (χ4v) is 2.04. The molecule has 2 aromatic heterocycles. The lowest BCUT2D eigenvalue weighted by atomic mass is 10.3. The molecule has 0 saturated heterocycles. The first kappa shape index (κ1) is 12.7. The first-order valence-corrected chi connectivity index (χ1v) is 5.98. The Hall–Kier alpha value is -1.70. The van der Waals surface area contributed by atoms with Crippen molar-refractivity contribution in [1.29, 1.82) is 0 Å². The molecule has 0 radical (unpaired) electrons. The van der Waals surface area contributed by atoms with Gasteiger partial charge in [0.1, 0.15) is 0 Å². The minimum absolute atomic E-state index is 0.188. The molecule has 0 spiro atoms. The van der Waals surface area contributed by atoms with Gasteiger partial charge in [-0.15, -0.1) is 5.10 Å². The lowest BCUT2D eigenvalue weighted by Gasteiger charge is -2.01. The van der Waals surface area contributed by atoms with Gasteiger partial charge in [0.2, 0.25) is 0 Å². The number of aromatic nitrogens is 5. The van der Waals surface area contributed by atoms with Crippen LogP contribution in [0.3, 0.4) is 0 Å². The second-order valence-corrected chi connectivity index (χ2v) is 4.56. The third-order valence-electron chi connectivity index (χ3n) is 2.51. The van der Waals surface area contributed by atoms with Gasteiger partial charge in [0.25, 0.3) is 0 Å². The van der Waals surface area contributed by atoms with Crippen molar-refractivity contribution in [3.63, 3.8) is 0 Å². The highest BCUT2D eigenvalue weighted by Gasteiger charge is 2.14.